The lowest BCUT2D eigenvalue weighted by Gasteiger charge is -2.22. The van der Waals surface area contributed by atoms with Crippen LogP contribution in [0.2, 0.25) is 5.02 Å². The second kappa shape index (κ2) is 6.77. The van der Waals surface area contributed by atoms with Crippen molar-refractivity contribution < 1.29 is 0 Å². The van der Waals surface area contributed by atoms with Gasteiger partial charge in [0.2, 0.25) is 0 Å². The summed E-state index contributed by atoms with van der Waals surface area (Å²) >= 11 is 6.10. The molecule has 5 heteroatoms. The van der Waals surface area contributed by atoms with Crippen molar-refractivity contribution in [3.8, 4) is 0 Å². The van der Waals surface area contributed by atoms with Gasteiger partial charge >= 0.3 is 0 Å². The van der Waals surface area contributed by atoms with E-state index in [1.54, 1.807) is 0 Å². The van der Waals surface area contributed by atoms with Gasteiger partial charge in [-0.25, -0.2) is 0 Å². The predicted molar refractivity (Wildman–Crippen MR) is 84.1 cm³/mol. The Kier molecular flexibility index (Phi) is 5.04. The van der Waals surface area contributed by atoms with Gasteiger partial charge in [-0.2, -0.15) is 5.10 Å². The molecule has 0 aliphatic rings. The van der Waals surface area contributed by atoms with Gasteiger partial charge in [0.25, 0.3) is 0 Å². The van der Waals surface area contributed by atoms with E-state index in [1.807, 2.05) is 36.3 Å². The second-order valence-corrected chi connectivity index (χ2v) is 5.37. The molecule has 0 bridgehead atoms. The van der Waals surface area contributed by atoms with Crippen LogP contribution in [0.5, 0.6) is 0 Å². The normalized spacial score (nSPS) is 10.8. The van der Waals surface area contributed by atoms with Crippen LogP contribution in [0.25, 0.3) is 0 Å². The van der Waals surface area contributed by atoms with Crippen LogP contribution in [-0.4, -0.2) is 23.4 Å². The average molecular weight is 293 g/mol. The number of hydrogen-bond acceptors (Lipinski definition) is 3. The Balaban J connectivity index is 2.17. The molecule has 1 N–H and O–H groups in total. The molecule has 2 rings (SSSR count). The van der Waals surface area contributed by atoms with Crippen molar-refractivity contribution in [2.45, 2.75) is 20.0 Å². The summed E-state index contributed by atoms with van der Waals surface area (Å²) in [5.74, 6) is 0. The summed E-state index contributed by atoms with van der Waals surface area (Å²) in [5.41, 5.74) is 3.60. The zero-order valence-electron chi connectivity index (χ0n) is 12.2. The maximum absolute atomic E-state index is 6.10. The number of anilines is 1. The number of hydrogen-bond donors (Lipinski definition) is 1. The van der Waals surface area contributed by atoms with Gasteiger partial charge in [-0.3, -0.25) is 4.68 Å². The molecular formula is C15H21ClN4. The molecule has 1 aromatic heterocycles. The van der Waals surface area contributed by atoms with Crippen molar-refractivity contribution in [2.75, 3.05) is 18.5 Å². The number of aromatic nitrogens is 2. The molecule has 0 radical (unpaired) electrons. The number of rotatable bonds is 6. The third-order valence-corrected chi connectivity index (χ3v) is 3.43. The molecule has 0 saturated carbocycles. The molecule has 1 aromatic carbocycles. The molecule has 2 aromatic rings. The Morgan fingerprint density at radius 1 is 1.40 bits per heavy atom. The minimum atomic E-state index is 0.774. The smallest absolute Gasteiger partial charge is 0.0539 e. The molecule has 20 heavy (non-hydrogen) atoms. The van der Waals surface area contributed by atoms with Crippen molar-refractivity contribution in [1.29, 1.82) is 0 Å². The molecule has 0 amide bonds. The summed E-state index contributed by atoms with van der Waals surface area (Å²) in [5, 5.41) is 8.33. The molecule has 1 heterocycles. The summed E-state index contributed by atoms with van der Waals surface area (Å²) in [6, 6.07) is 6.04. The highest BCUT2D eigenvalue weighted by Gasteiger charge is 2.09. The quantitative estimate of drug-likeness (QED) is 0.889. The number of nitrogens with one attached hydrogen (secondary N) is 1. The number of nitrogens with zero attached hydrogens (tertiary/aromatic N) is 3. The molecule has 0 atom stereocenters. The van der Waals surface area contributed by atoms with Gasteiger partial charge in [0, 0.05) is 49.7 Å². The van der Waals surface area contributed by atoms with E-state index in [-0.39, 0.29) is 0 Å². The first-order chi connectivity index (χ1) is 9.60. The van der Waals surface area contributed by atoms with Crippen LogP contribution < -0.4 is 10.2 Å². The number of halogens is 1. The summed E-state index contributed by atoms with van der Waals surface area (Å²) < 4.78 is 1.82. The van der Waals surface area contributed by atoms with Crippen LogP contribution in [0.15, 0.2) is 30.6 Å². The van der Waals surface area contributed by atoms with E-state index in [4.69, 9.17) is 11.6 Å². The fraction of sp³-hybridized carbons (Fsp3) is 0.400. The topological polar surface area (TPSA) is 33.1 Å². The van der Waals surface area contributed by atoms with E-state index < -0.39 is 0 Å². The van der Waals surface area contributed by atoms with Gasteiger partial charge in [0.05, 0.1) is 6.20 Å². The maximum Gasteiger partial charge on any atom is 0.0539 e. The Labute approximate surface area is 125 Å². The monoisotopic (exact) mass is 292 g/mol. The summed E-state index contributed by atoms with van der Waals surface area (Å²) in [4.78, 5) is 2.22. The Bertz CT molecular complexity index is 565. The lowest BCUT2D eigenvalue weighted by molar-refractivity contribution is 0.723. The lowest BCUT2D eigenvalue weighted by Crippen LogP contribution is -2.20. The first kappa shape index (κ1) is 14.9. The van der Waals surface area contributed by atoms with E-state index >= 15 is 0 Å². The Morgan fingerprint density at radius 2 is 2.20 bits per heavy atom. The minimum Gasteiger partial charge on any atom is -0.370 e. The molecule has 0 aliphatic carbocycles. The van der Waals surface area contributed by atoms with Crippen molar-refractivity contribution in [3.63, 3.8) is 0 Å². The Hall–Kier alpha value is -1.52. The summed E-state index contributed by atoms with van der Waals surface area (Å²) in [6.45, 7) is 4.69. The summed E-state index contributed by atoms with van der Waals surface area (Å²) in [6.07, 6.45) is 3.94. The molecule has 0 fully saturated rings. The van der Waals surface area contributed by atoms with Crippen molar-refractivity contribution in [1.82, 2.24) is 15.1 Å². The van der Waals surface area contributed by atoms with Crippen molar-refractivity contribution in [3.05, 3.63) is 46.7 Å². The van der Waals surface area contributed by atoms with E-state index in [0.29, 0.717) is 0 Å². The maximum atomic E-state index is 6.10. The zero-order valence-corrected chi connectivity index (χ0v) is 13.0. The van der Waals surface area contributed by atoms with Crippen LogP contribution >= 0.6 is 11.6 Å². The number of aryl methyl sites for hydroxylation is 1. The van der Waals surface area contributed by atoms with Gasteiger partial charge in [-0.05, 0) is 30.3 Å². The third kappa shape index (κ3) is 3.74. The van der Waals surface area contributed by atoms with Crippen molar-refractivity contribution >= 4 is 17.3 Å². The molecule has 4 nitrogen and oxygen atoms in total. The molecule has 0 aliphatic heterocycles. The SMILES string of the molecule is CCNCc1cc(Cl)ccc1N(C)Cc1cnn(C)c1. The van der Waals surface area contributed by atoms with Gasteiger partial charge in [0.15, 0.2) is 0 Å². The molecular weight excluding hydrogens is 272 g/mol. The highest BCUT2D eigenvalue weighted by atomic mass is 35.5. The second-order valence-electron chi connectivity index (χ2n) is 4.93. The lowest BCUT2D eigenvalue weighted by atomic mass is 10.1. The van der Waals surface area contributed by atoms with Gasteiger partial charge < -0.3 is 10.2 Å². The molecule has 0 unspecified atom stereocenters. The molecule has 108 valence electrons. The van der Waals surface area contributed by atoms with Crippen LogP contribution in [0.1, 0.15) is 18.1 Å². The van der Waals surface area contributed by atoms with E-state index in [2.05, 4.69) is 35.4 Å². The third-order valence-electron chi connectivity index (χ3n) is 3.20. The van der Waals surface area contributed by atoms with Crippen LogP contribution in [0.3, 0.4) is 0 Å². The fourth-order valence-corrected chi connectivity index (χ4v) is 2.43. The number of benzene rings is 1. The van der Waals surface area contributed by atoms with Crippen LogP contribution in [0.4, 0.5) is 5.69 Å². The standard InChI is InChI=1S/C15H21ClN4/c1-4-17-9-13-7-14(16)5-6-15(13)19(2)10-12-8-18-20(3)11-12/h5-8,11,17H,4,9-10H2,1-3H3. The fourth-order valence-electron chi connectivity index (χ4n) is 2.24. The molecule has 0 spiro atoms. The van der Waals surface area contributed by atoms with Gasteiger partial charge in [-0.1, -0.05) is 18.5 Å². The first-order valence-corrected chi connectivity index (χ1v) is 7.15. The highest BCUT2D eigenvalue weighted by Crippen LogP contribution is 2.24. The largest absolute Gasteiger partial charge is 0.370 e. The van der Waals surface area contributed by atoms with Crippen molar-refractivity contribution in [2.24, 2.45) is 7.05 Å². The van der Waals surface area contributed by atoms with E-state index in [1.165, 1.54) is 16.8 Å². The van der Waals surface area contributed by atoms with E-state index in [0.717, 1.165) is 24.7 Å². The Morgan fingerprint density at radius 3 is 2.85 bits per heavy atom. The predicted octanol–water partition coefficient (Wildman–Crippen LogP) is 2.82. The highest BCUT2D eigenvalue weighted by molar-refractivity contribution is 6.30. The molecule has 0 saturated heterocycles. The average Bonchev–Trinajstić information content (AvgIpc) is 2.81. The summed E-state index contributed by atoms with van der Waals surface area (Å²) in [7, 11) is 4.02. The van der Waals surface area contributed by atoms with Crippen LogP contribution in [-0.2, 0) is 20.1 Å². The first-order valence-electron chi connectivity index (χ1n) is 6.78. The van der Waals surface area contributed by atoms with E-state index in [9.17, 15) is 0 Å². The zero-order chi connectivity index (χ0) is 14.5. The van der Waals surface area contributed by atoms with Crippen LogP contribution in [0, 0.1) is 0 Å². The van der Waals surface area contributed by atoms with Gasteiger partial charge in [0.1, 0.15) is 0 Å². The van der Waals surface area contributed by atoms with Gasteiger partial charge in [-0.15, -0.1) is 0 Å². The minimum absolute atomic E-state index is 0.774.